The molecule has 0 radical (unpaired) electrons. The Morgan fingerprint density at radius 1 is 1.56 bits per heavy atom. The molecule has 0 aliphatic heterocycles. The van der Waals surface area contributed by atoms with Gasteiger partial charge in [0.05, 0.1) is 5.60 Å². The van der Waals surface area contributed by atoms with Gasteiger partial charge in [0.25, 0.3) is 0 Å². The molecular formula is C11H17N3O2. The third-order valence-electron chi connectivity index (χ3n) is 2.47. The van der Waals surface area contributed by atoms with Crippen LogP contribution in [0.5, 0.6) is 0 Å². The fourth-order valence-corrected chi connectivity index (χ4v) is 1.08. The highest BCUT2D eigenvalue weighted by Gasteiger charge is 2.32. The van der Waals surface area contributed by atoms with Crippen LogP contribution >= 0.6 is 0 Å². The number of anilines is 1. The van der Waals surface area contributed by atoms with E-state index in [4.69, 9.17) is 10.5 Å². The van der Waals surface area contributed by atoms with Gasteiger partial charge in [-0.3, -0.25) is 4.79 Å². The van der Waals surface area contributed by atoms with Gasteiger partial charge in [-0.1, -0.05) is 6.07 Å². The third kappa shape index (κ3) is 3.01. The van der Waals surface area contributed by atoms with Crippen molar-refractivity contribution in [3.63, 3.8) is 0 Å². The standard InChI is InChI=1S/C11H17N3O2/c1-11(2,16-3)9(12)10(15)14-8-6-4-5-7-13-8/h4-7,9H,12H2,1-3H3,(H,13,14,15)/t9-/m1/s1. The molecule has 1 aromatic rings. The van der Waals surface area contributed by atoms with Crippen LogP contribution < -0.4 is 11.1 Å². The molecule has 5 nitrogen and oxygen atoms in total. The summed E-state index contributed by atoms with van der Waals surface area (Å²) < 4.78 is 5.15. The van der Waals surface area contributed by atoms with Crippen molar-refractivity contribution >= 4 is 11.7 Å². The lowest BCUT2D eigenvalue weighted by molar-refractivity contribution is -0.123. The van der Waals surface area contributed by atoms with Gasteiger partial charge in [-0.2, -0.15) is 0 Å². The average Bonchev–Trinajstić information content (AvgIpc) is 2.29. The zero-order valence-electron chi connectivity index (χ0n) is 9.73. The first-order chi connectivity index (χ1) is 7.47. The summed E-state index contributed by atoms with van der Waals surface area (Å²) in [5.74, 6) is 0.167. The second-order valence-corrected chi connectivity index (χ2v) is 3.99. The molecule has 0 aliphatic carbocycles. The molecule has 0 fully saturated rings. The zero-order chi connectivity index (χ0) is 12.2. The van der Waals surface area contributed by atoms with Crippen LogP contribution in [-0.4, -0.2) is 29.6 Å². The Kier molecular flexibility index (Phi) is 3.98. The van der Waals surface area contributed by atoms with Crippen LogP contribution in [0.15, 0.2) is 24.4 Å². The minimum Gasteiger partial charge on any atom is -0.377 e. The third-order valence-corrected chi connectivity index (χ3v) is 2.47. The summed E-state index contributed by atoms with van der Waals surface area (Å²) in [5, 5.41) is 2.63. The lowest BCUT2D eigenvalue weighted by atomic mass is 9.99. The van der Waals surface area contributed by atoms with Crippen molar-refractivity contribution in [2.45, 2.75) is 25.5 Å². The Bertz CT molecular complexity index is 352. The minimum absolute atomic E-state index is 0.314. The molecule has 0 aliphatic rings. The molecule has 1 heterocycles. The van der Waals surface area contributed by atoms with Gasteiger partial charge in [-0.05, 0) is 26.0 Å². The van der Waals surface area contributed by atoms with Crippen LogP contribution in [0.2, 0.25) is 0 Å². The zero-order valence-corrected chi connectivity index (χ0v) is 9.73. The fraction of sp³-hybridized carbons (Fsp3) is 0.455. The van der Waals surface area contributed by atoms with E-state index in [1.54, 1.807) is 38.2 Å². The summed E-state index contributed by atoms with van der Waals surface area (Å²) in [5.41, 5.74) is 5.08. The van der Waals surface area contributed by atoms with Crippen LogP contribution in [0.25, 0.3) is 0 Å². The van der Waals surface area contributed by atoms with Crippen molar-refractivity contribution in [2.75, 3.05) is 12.4 Å². The molecule has 0 spiro atoms. The van der Waals surface area contributed by atoms with Gasteiger partial charge in [-0.15, -0.1) is 0 Å². The number of methoxy groups -OCH3 is 1. The topological polar surface area (TPSA) is 77.2 Å². The molecule has 0 unspecified atom stereocenters. The Labute approximate surface area is 95.0 Å². The van der Waals surface area contributed by atoms with E-state index in [9.17, 15) is 4.79 Å². The molecule has 1 atom stereocenters. The van der Waals surface area contributed by atoms with Gasteiger partial charge in [0.1, 0.15) is 11.9 Å². The highest BCUT2D eigenvalue weighted by molar-refractivity contribution is 5.94. The molecule has 1 amide bonds. The van der Waals surface area contributed by atoms with Crippen LogP contribution in [0.4, 0.5) is 5.82 Å². The summed E-state index contributed by atoms with van der Waals surface area (Å²) in [6, 6.07) is 4.51. The molecule has 0 bridgehead atoms. The summed E-state index contributed by atoms with van der Waals surface area (Å²) in [7, 11) is 1.52. The number of carbonyl (C=O) groups is 1. The van der Waals surface area contributed by atoms with Crippen LogP contribution in [-0.2, 0) is 9.53 Å². The van der Waals surface area contributed by atoms with Crippen LogP contribution in [0.1, 0.15) is 13.8 Å². The molecule has 5 heteroatoms. The van der Waals surface area contributed by atoms with Crippen molar-refractivity contribution in [3.8, 4) is 0 Å². The second kappa shape index (κ2) is 5.05. The van der Waals surface area contributed by atoms with E-state index < -0.39 is 11.6 Å². The van der Waals surface area contributed by atoms with Crippen molar-refractivity contribution < 1.29 is 9.53 Å². The first-order valence-corrected chi connectivity index (χ1v) is 5.00. The number of nitrogens with zero attached hydrogens (tertiary/aromatic N) is 1. The number of pyridine rings is 1. The summed E-state index contributed by atoms with van der Waals surface area (Å²) >= 11 is 0. The Hall–Kier alpha value is -1.46. The van der Waals surface area contributed by atoms with Gasteiger partial charge >= 0.3 is 0 Å². The molecule has 16 heavy (non-hydrogen) atoms. The van der Waals surface area contributed by atoms with Crippen molar-refractivity contribution in [3.05, 3.63) is 24.4 Å². The molecule has 88 valence electrons. The van der Waals surface area contributed by atoms with E-state index in [-0.39, 0.29) is 5.91 Å². The molecule has 1 aromatic heterocycles. The Balaban J connectivity index is 2.66. The van der Waals surface area contributed by atoms with Gasteiger partial charge in [0.2, 0.25) is 5.91 Å². The number of aromatic nitrogens is 1. The van der Waals surface area contributed by atoms with Crippen molar-refractivity contribution in [1.82, 2.24) is 4.98 Å². The van der Waals surface area contributed by atoms with Crippen LogP contribution in [0, 0.1) is 0 Å². The monoisotopic (exact) mass is 223 g/mol. The molecule has 0 saturated carbocycles. The number of hydrogen-bond donors (Lipinski definition) is 2. The van der Waals surface area contributed by atoms with Crippen molar-refractivity contribution in [2.24, 2.45) is 5.73 Å². The minimum atomic E-state index is -0.750. The average molecular weight is 223 g/mol. The first-order valence-electron chi connectivity index (χ1n) is 5.00. The Morgan fingerprint density at radius 3 is 2.75 bits per heavy atom. The highest BCUT2D eigenvalue weighted by atomic mass is 16.5. The number of ether oxygens (including phenoxy) is 1. The smallest absolute Gasteiger partial charge is 0.245 e. The second-order valence-electron chi connectivity index (χ2n) is 3.99. The van der Waals surface area contributed by atoms with Gasteiger partial charge in [0, 0.05) is 13.3 Å². The molecule has 3 N–H and O–H groups in total. The number of nitrogens with two attached hydrogens (primary N) is 1. The maximum Gasteiger partial charge on any atom is 0.245 e. The number of amides is 1. The molecule has 0 saturated heterocycles. The lowest BCUT2D eigenvalue weighted by Gasteiger charge is -2.28. The maximum atomic E-state index is 11.8. The maximum absolute atomic E-state index is 11.8. The predicted molar refractivity (Wildman–Crippen MR) is 61.9 cm³/mol. The number of carbonyl (C=O) groups excluding carboxylic acids is 1. The van der Waals surface area contributed by atoms with E-state index >= 15 is 0 Å². The van der Waals surface area contributed by atoms with Gasteiger partial charge < -0.3 is 15.8 Å². The largest absolute Gasteiger partial charge is 0.377 e. The van der Waals surface area contributed by atoms with E-state index in [0.29, 0.717) is 5.82 Å². The molecule has 1 rings (SSSR count). The SMILES string of the molecule is COC(C)(C)[C@H](N)C(=O)Nc1ccccn1. The van der Waals surface area contributed by atoms with Crippen molar-refractivity contribution in [1.29, 1.82) is 0 Å². The summed E-state index contributed by atoms with van der Waals surface area (Å²) in [4.78, 5) is 15.7. The number of rotatable bonds is 4. The van der Waals surface area contributed by atoms with E-state index in [0.717, 1.165) is 0 Å². The molecular weight excluding hydrogens is 206 g/mol. The molecule has 0 aromatic carbocycles. The van der Waals surface area contributed by atoms with E-state index in [1.807, 2.05) is 0 Å². The first kappa shape index (κ1) is 12.6. The quantitative estimate of drug-likeness (QED) is 0.790. The number of nitrogens with one attached hydrogen (secondary N) is 1. The van der Waals surface area contributed by atoms with Crippen LogP contribution in [0.3, 0.4) is 0 Å². The Morgan fingerprint density at radius 2 is 2.25 bits per heavy atom. The summed E-state index contributed by atoms with van der Waals surface area (Å²) in [6.07, 6.45) is 1.60. The highest BCUT2D eigenvalue weighted by Crippen LogP contribution is 2.13. The normalized spacial score (nSPS) is 13.2. The number of hydrogen-bond acceptors (Lipinski definition) is 4. The predicted octanol–water partition coefficient (Wildman–Crippen LogP) is 0.772. The van der Waals surface area contributed by atoms with Gasteiger partial charge in [0.15, 0.2) is 0 Å². The van der Waals surface area contributed by atoms with E-state index in [2.05, 4.69) is 10.3 Å². The van der Waals surface area contributed by atoms with E-state index in [1.165, 1.54) is 7.11 Å². The van der Waals surface area contributed by atoms with Gasteiger partial charge in [-0.25, -0.2) is 4.98 Å². The fourth-order valence-electron chi connectivity index (χ4n) is 1.08. The lowest BCUT2D eigenvalue weighted by Crippen LogP contribution is -2.52. The summed E-state index contributed by atoms with van der Waals surface area (Å²) in [6.45, 7) is 3.52.